The molecule has 2 rings (SSSR count). The topological polar surface area (TPSA) is 50.2 Å². The van der Waals surface area contributed by atoms with Crippen LogP contribution >= 0.6 is 0 Å². The molecule has 20 heavy (non-hydrogen) atoms. The summed E-state index contributed by atoms with van der Waals surface area (Å²) < 4.78 is 13.3. The molecular weight excluding hydrogens is 257 g/mol. The van der Waals surface area contributed by atoms with Gasteiger partial charge in [0.2, 0.25) is 5.95 Å². The van der Waals surface area contributed by atoms with Crippen LogP contribution in [0.4, 0.5) is 4.39 Å². The molecule has 0 bridgehead atoms. The van der Waals surface area contributed by atoms with E-state index < -0.39 is 11.9 Å². The molecular formula is C16H16FNO2. The molecule has 0 aliphatic carbocycles. The van der Waals surface area contributed by atoms with Gasteiger partial charge in [0.25, 0.3) is 0 Å². The largest absolute Gasteiger partial charge is 0.481 e. The summed E-state index contributed by atoms with van der Waals surface area (Å²) in [6, 6.07) is 8.62. The first-order valence-corrected chi connectivity index (χ1v) is 6.44. The highest BCUT2D eigenvalue weighted by Crippen LogP contribution is 2.30. The van der Waals surface area contributed by atoms with Gasteiger partial charge in [0, 0.05) is 12.3 Å². The van der Waals surface area contributed by atoms with Crippen molar-refractivity contribution in [1.29, 1.82) is 0 Å². The predicted octanol–water partition coefficient (Wildman–Crippen LogP) is 3.64. The molecule has 0 spiro atoms. The van der Waals surface area contributed by atoms with Crippen LogP contribution in [0.25, 0.3) is 11.1 Å². The Morgan fingerprint density at radius 3 is 2.70 bits per heavy atom. The molecule has 0 amide bonds. The summed E-state index contributed by atoms with van der Waals surface area (Å²) in [5.41, 5.74) is 3.11. The van der Waals surface area contributed by atoms with Gasteiger partial charge in [0.15, 0.2) is 0 Å². The molecule has 0 saturated carbocycles. The van der Waals surface area contributed by atoms with Gasteiger partial charge in [-0.05, 0) is 34.2 Å². The zero-order valence-corrected chi connectivity index (χ0v) is 11.4. The van der Waals surface area contributed by atoms with Gasteiger partial charge in [-0.3, -0.25) is 4.79 Å². The van der Waals surface area contributed by atoms with E-state index in [0.717, 1.165) is 16.7 Å². The number of carboxylic acids is 1. The third kappa shape index (κ3) is 3.02. The number of rotatable bonds is 4. The molecule has 0 fully saturated rings. The minimum absolute atomic E-state index is 0.0758. The van der Waals surface area contributed by atoms with E-state index in [1.54, 1.807) is 6.07 Å². The molecule has 4 heteroatoms. The highest BCUT2D eigenvalue weighted by molar-refractivity contribution is 5.77. The zero-order valence-electron chi connectivity index (χ0n) is 11.4. The molecule has 0 aliphatic heterocycles. The molecule has 104 valence electrons. The second kappa shape index (κ2) is 5.82. The fourth-order valence-corrected chi connectivity index (χ4v) is 2.33. The first-order valence-electron chi connectivity index (χ1n) is 6.44. The van der Waals surface area contributed by atoms with E-state index in [0.29, 0.717) is 5.56 Å². The van der Waals surface area contributed by atoms with Gasteiger partial charge in [0.1, 0.15) is 0 Å². The monoisotopic (exact) mass is 273 g/mol. The maximum atomic E-state index is 13.3. The maximum absolute atomic E-state index is 13.3. The second-order valence-electron chi connectivity index (χ2n) is 4.97. The number of hydrogen-bond donors (Lipinski definition) is 1. The van der Waals surface area contributed by atoms with E-state index >= 15 is 0 Å². The van der Waals surface area contributed by atoms with Crippen molar-refractivity contribution < 1.29 is 14.3 Å². The minimum atomic E-state index is -0.895. The lowest BCUT2D eigenvalue weighted by Gasteiger charge is -2.16. The lowest BCUT2D eigenvalue weighted by Crippen LogP contribution is -2.07. The number of aliphatic carboxylic acids is 1. The lowest BCUT2D eigenvalue weighted by atomic mass is 9.89. The molecule has 1 heterocycles. The summed E-state index contributed by atoms with van der Waals surface area (Å²) >= 11 is 0. The molecule has 1 aromatic carbocycles. The van der Waals surface area contributed by atoms with Gasteiger partial charge in [-0.2, -0.15) is 4.39 Å². The maximum Gasteiger partial charge on any atom is 0.307 e. The molecule has 1 aromatic heterocycles. The zero-order chi connectivity index (χ0) is 14.7. The Morgan fingerprint density at radius 1 is 1.35 bits per heavy atom. The average molecular weight is 273 g/mol. The summed E-state index contributed by atoms with van der Waals surface area (Å²) in [6.07, 6.45) is 1.31. The molecule has 3 nitrogen and oxygen atoms in total. The van der Waals surface area contributed by atoms with E-state index in [4.69, 9.17) is 5.11 Å². The van der Waals surface area contributed by atoms with Crippen LogP contribution in [0.3, 0.4) is 0 Å². The third-order valence-corrected chi connectivity index (χ3v) is 3.20. The fraction of sp³-hybridized carbons (Fsp3) is 0.250. The second-order valence-corrected chi connectivity index (χ2v) is 4.97. The first-order chi connectivity index (χ1) is 9.49. The molecule has 0 unspecified atom stereocenters. The van der Waals surface area contributed by atoms with Crippen molar-refractivity contribution in [2.75, 3.05) is 0 Å². The Bertz CT molecular complexity index is 638. The Balaban J connectivity index is 2.62. The van der Waals surface area contributed by atoms with Crippen molar-refractivity contribution in [1.82, 2.24) is 4.98 Å². The molecule has 0 aliphatic rings. The molecule has 0 saturated heterocycles. The average Bonchev–Trinajstić information content (AvgIpc) is 2.38. The highest BCUT2D eigenvalue weighted by Gasteiger charge is 2.15. The van der Waals surface area contributed by atoms with Crippen LogP contribution < -0.4 is 0 Å². The Labute approximate surface area is 117 Å². The van der Waals surface area contributed by atoms with Crippen LogP contribution in [0.1, 0.15) is 30.9 Å². The van der Waals surface area contributed by atoms with Crippen molar-refractivity contribution in [2.24, 2.45) is 0 Å². The number of halogens is 1. The van der Waals surface area contributed by atoms with Crippen molar-refractivity contribution in [3.63, 3.8) is 0 Å². The van der Waals surface area contributed by atoms with E-state index in [-0.39, 0.29) is 12.3 Å². The Morgan fingerprint density at radius 2 is 2.10 bits per heavy atom. The predicted molar refractivity (Wildman–Crippen MR) is 75.1 cm³/mol. The molecule has 1 N–H and O–H groups in total. The lowest BCUT2D eigenvalue weighted by molar-refractivity contribution is -0.136. The molecule has 0 radical (unpaired) electrons. The van der Waals surface area contributed by atoms with Gasteiger partial charge in [-0.1, -0.05) is 32.0 Å². The summed E-state index contributed by atoms with van der Waals surface area (Å²) in [5, 5.41) is 9.11. The van der Waals surface area contributed by atoms with Crippen LogP contribution in [-0.4, -0.2) is 16.1 Å². The normalized spacial score (nSPS) is 10.8. The van der Waals surface area contributed by atoms with Crippen LogP contribution in [0.2, 0.25) is 0 Å². The summed E-state index contributed by atoms with van der Waals surface area (Å²) in [6.45, 7) is 4.02. The molecule has 0 atom stereocenters. The van der Waals surface area contributed by atoms with E-state index in [2.05, 4.69) is 4.98 Å². The van der Waals surface area contributed by atoms with Gasteiger partial charge in [-0.15, -0.1) is 0 Å². The van der Waals surface area contributed by atoms with Crippen molar-refractivity contribution >= 4 is 5.97 Å². The summed E-state index contributed by atoms with van der Waals surface area (Å²) in [7, 11) is 0. The number of hydrogen-bond acceptors (Lipinski definition) is 2. The van der Waals surface area contributed by atoms with Gasteiger partial charge in [-0.25, -0.2) is 4.98 Å². The number of carboxylic acid groups (broad SMARTS) is 1. The van der Waals surface area contributed by atoms with Gasteiger partial charge in [0.05, 0.1) is 6.42 Å². The van der Waals surface area contributed by atoms with Crippen molar-refractivity contribution in [3.8, 4) is 11.1 Å². The SMILES string of the molecule is CC(C)c1cccc(-c2ccnc(F)c2)c1CC(=O)O. The van der Waals surface area contributed by atoms with Crippen molar-refractivity contribution in [2.45, 2.75) is 26.2 Å². The standard InChI is InChI=1S/C16H16FNO2/c1-10(2)12-4-3-5-13(14(12)9-16(19)20)11-6-7-18-15(17)8-11/h3-8,10H,9H2,1-2H3,(H,19,20). The van der Waals surface area contributed by atoms with Gasteiger partial charge >= 0.3 is 5.97 Å². The van der Waals surface area contributed by atoms with Crippen LogP contribution in [0, 0.1) is 5.95 Å². The Kier molecular flexibility index (Phi) is 4.13. The first kappa shape index (κ1) is 14.2. The third-order valence-electron chi connectivity index (χ3n) is 3.20. The van der Waals surface area contributed by atoms with Crippen molar-refractivity contribution in [3.05, 3.63) is 53.6 Å². The smallest absolute Gasteiger partial charge is 0.307 e. The summed E-state index contributed by atoms with van der Waals surface area (Å²) in [5.74, 6) is -1.26. The van der Waals surface area contributed by atoms with Crippen LogP contribution in [0.5, 0.6) is 0 Å². The number of nitrogens with zero attached hydrogens (tertiary/aromatic N) is 1. The fourth-order valence-electron chi connectivity index (χ4n) is 2.33. The van der Waals surface area contributed by atoms with Crippen LogP contribution in [0.15, 0.2) is 36.5 Å². The minimum Gasteiger partial charge on any atom is -0.481 e. The van der Waals surface area contributed by atoms with E-state index in [9.17, 15) is 9.18 Å². The van der Waals surface area contributed by atoms with E-state index in [1.807, 2.05) is 32.0 Å². The van der Waals surface area contributed by atoms with E-state index in [1.165, 1.54) is 12.3 Å². The number of carbonyl (C=O) groups is 1. The highest BCUT2D eigenvalue weighted by atomic mass is 19.1. The number of benzene rings is 1. The Hall–Kier alpha value is -2.23. The number of pyridine rings is 1. The quantitative estimate of drug-likeness (QED) is 0.865. The number of aromatic nitrogens is 1. The van der Waals surface area contributed by atoms with Gasteiger partial charge < -0.3 is 5.11 Å². The van der Waals surface area contributed by atoms with Crippen LogP contribution in [-0.2, 0) is 11.2 Å². The summed E-state index contributed by atoms with van der Waals surface area (Å²) in [4.78, 5) is 14.6. The molecule has 2 aromatic rings.